The monoisotopic (exact) mass is 545 g/mol. The number of ether oxygens (including phenoxy) is 3. The molecule has 1 amide bonds. The average Bonchev–Trinajstić information content (AvgIpc) is 3.10. The van der Waals surface area contributed by atoms with Crippen LogP contribution < -0.4 is 9.47 Å². The van der Waals surface area contributed by atoms with E-state index in [-0.39, 0.29) is 23.0 Å². The van der Waals surface area contributed by atoms with E-state index in [4.69, 9.17) is 14.2 Å². The van der Waals surface area contributed by atoms with E-state index in [0.29, 0.717) is 38.6 Å². The number of amides is 1. The third kappa shape index (κ3) is 5.53. The van der Waals surface area contributed by atoms with E-state index in [1.807, 2.05) is 13.0 Å². The maximum Gasteiger partial charge on any atom is 0.344 e. The van der Waals surface area contributed by atoms with Crippen molar-refractivity contribution in [1.29, 1.82) is 0 Å². The summed E-state index contributed by atoms with van der Waals surface area (Å²) >= 11 is 4.50. The molecule has 0 saturated carbocycles. The summed E-state index contributed by atoms with van der Waals surface area (Å²) in [4.78, 5) is 29.9. The van der Waals surface area contributed by atoms with Gasteiger partial charge in [0.15, 0.2) is 11.5 Å². The Hall–Kier alpha value is -3.04. The number of nitrogens with zero attached hydrogens (tertiary/aromatic N) is 1. The van der Waals surface area contributed by atoms with Crippen LogP contribution in [0.3, 0.4) is 0 Å². The number of hydrogen-bond donors (Lipinski definition) is 1. The number of rotatable bonds is 7. The molecule has 1 heterocycles. The zero-order chi connectivity index (χ0) is 24.8. The zero-order valence-corrected chi connectivity index (χ0v) is 21.6. The van der Waals surface area contributed by atoms with Gasteiger partial charge in [-0.05, 0) is 72.1 Å². The lowest BCUT2D eigenvalue weighted by molar-refractivity contribution is -0.138. The van der Waals surface area contributed by atoms with Crippen molar-refractivity contribution in [3.05, 3.63) is 73.8 Å². The van der Waals surface area contributed by atoms with E-state index in [9.17, 15) is 14.7 Å². The van der Waals surface area contributed by atoms with Gasteiger partial charge in [0.1, 0.15) is 16.4 Å². The zero-order valence-electron chi connectivity index (χ0n) is 19.2. The van der Waals surface area contributed by atoms with Gasteiger partial charge in [0.2, 0.25) is 0 Å². The highest BCUT2D eigenvalue weighted by atomic mass is 79.9. The molecule has 0 unspecified atom stereocenters. The third-order valence-electron chi connectivity index (χ3n) is 4.79. The second kappa shape index (κ2) is 11.4. The number of methoxy groups -OCH3 is 1. The molecule has 0 spiro atoms. The summed E-state index contributed by atoms with van der Waals surface area (Å²) in [5.74, 6) is -0.503. The van der Waals surface area contributed by atoms with E-state index in [1.54, 1.807) is 50.3 Å². The average molecular weight is 546 g/mol. The van der Waals surface area contributed by atoms with Gasteiger partial charge in [0.05, 0.1) is 29.7 Å². The molecule has 0 aromatic heterocycles. The Bertz CT molecular complexity index is 1220. The first-order valence-corrected chi connectivity index (χ1v) is 12.1. The van der Waals surface area contributed by atoms with Crippen molar-refractivity contribution in [3.63, 3.8) is 0 Å². The minimum atomic E-state index is -0.752. The van der Waals surface area contributed by atoms with Gasteiger partial charge in [-0.15, -0.1) is 0 Å². The highest BCUT2D eigenvalue weighted by molar-refractivity contribution is 9.10. The van der Waals surface area contributed by atoms with Crippen molar-refractivity contribution < 1.29 is 28.9 Å². The molecule has 7 nitrogen and oxygen atoms in total. The van der Waals surface area contributed by atoms with Crippen LogP contribution in [-0.4, -0.2) is 42.4 Å². The van der Waals surface area contributed by atoms with Crippen LogP contribution in [0.4, 0.5) is 0 Å². The predicted molar refractivity (Wildman–Crippen MR) is 137 cm³/mol. The van der Waals surface area contributed by atoms with E-state index >= 15 is 0 Å². The summed E-state index contributed by atoms with van der Waals surface area (Å²) in [6.07, 6.45) is 1.67. The van der Waals surface area contributed by atoms with Gasteiger partial charge < -0.3 is 19.3 Å². The highest BCUT2D eigenvalue weighted by Crippen LogP contribution is 2.42. The molecular formula is C25H24BrNO6S. The highest BCUT2D eigenvalue weighted by Gasteiger charge is 2.34. The molecule has 1 aliphatic rings. The quantitative estimate of drug-likeness (QED) is 0.435. The van der Waals surface area contributed by atoms with Crippen LogP contribution in [0.5, 0.6) is 11.5 Å². The maximum absolute atomic E-state index is 12.8. The van der Waals surface area contributed by atoms with Crippen molar-refractivity contribution in [2.45, 2.75) is 20.8 Å². The van der Waals surface area contributed by atoms with Gasteiger partial charge in [0.25, 0.3) is 5.91 Å². The van der Waals surface area contributed by atoms with E-state index in [0.717, 1.165) is 17.3 Å². The van der Waals surface area contributed by atoms with Crippen LogP contribution in [0.25, 0.3) is 6.08 Å². The van der Waals surface area contributed by atoms with Gasteiger partial charge in [-0.25, -0.2) is 9.79 Å². The first kappa shape index (κ1) is 25.6. The molecule has 3 rings (SSSR count). The van der Waals surface area contributed by atoms with Crippen molar-refractivity contribution in [1.82, 2.24) is 0 Å². The first-order chi connectivity index (χ1) is 16.3. The smallest absolute Gasteiger partial charge is 0.344 e. The number of benzene rings is 2. The fraction of sp³-hybridized carbons (Fsp3) is 0.240. The number of aryl methyl sites for hydroxylation is 1. The van der Waals surface area contributed by atoms with Gasteiger partial charge >= 0.3 is 5.97 Å². The van der Waals surface area contributed by atoms with Gasteiger partial charge in [-0.3, -0.25) is 4.79 Å². The first-order valence-electron chi connectivity index (χ1n) is 10.5. The Morgan fingerprint density at radius 2 is 1.91 bits per heavy atom. The third-order valence-corrected chi connectivity index (χ3v) is 6.40. The number of hydrogen-bond acceptors (Lipinski definition) is 7. The molecule has 178 valence electrons. The number of aliphatic hydroxyl groups excluding tert-OH is 1. The van der Waals surface area contributed by atoms with E-state index in [2.05, 4.69) is 20.9 Å². The molecular weight excluding hydrogens is 522 g/mol. The Kier molecular flexibility index (Phi) is 8.57. The molecule has 0 saturated heterocycles. The van der Waals surface area contributed by atoms with Crippen molar-refractivity contribution in [2.75, 3.05) is 20.3 Å². The molecule has 2 aromatic rings. The van der Waals surface area contributed by atoms with Crippen LogP contribution in [-0.2, 0) is 9.53 Å². The molecule has 0 radical (unpaired) electrons. The number of thioether (sulfide) groups is 1. The number of carbonyl (C=O) groups is 2. The largest absolute Gasteiger partial charge is 0.506 e. The lowest BCUT2D eigenvalue weighted by atomic mass is 10.1. The normalized spacial score (nSPS) is 15.7. The van der Waals surface area contributed by atoms with Crippen LogP contribution in [0.15, 0.2) is 62.1 Å². The lowest BCUT2D eigenvalue weighted by Gasteiger charge is -2.12. The minimum absolute atomic E-state index is 0.0763. The summed E-state index contributed by atoms with van der Waals surface area (Å²) in [5.41, 5.74) is 1.71. The lowest BCUT2D eigenvalue weighted by Crippen LogP contribution is -2.14. The minimum Gasteiger partial charge on any atom is -0.506 e. The second-order valence-corrected chi connectivity index (χ2v) is 8.94. The van der Waals surface area contributed by atoms with Crippen LogP contribution in [0.2, 0.25) is 0 Å². The maximum atomic E-state index is 12.8. The molecule has 2 aromatic carbocycles. The Morgan fingerprint density at radius 3 is 2.56 bits per heavy atom. The molecule has 0 bridgehead atoms. The SMILES string of the molecule is CCOC(=O)C1=C(O)/C(=C/c2cc(Br)c(OCC)c(OC)c2)SC1=NC(=O)c1ccccc1C. The molecule has 0 atom stereocenters. The van der Waals surface area contributed by atoms with Gasteiger partial charge in [-0.1, -0.05) is 30.0 Å². The molecule has 1 aliphatic heterocycles. The summed E-state index contributed by atoms with van der Waals surface area (Å²) in [6, 6.07) is 10.6. The summed E-state index contributed by atoms with van der Waals surface area (Å²) < 4.78 is 16.8. The van der Waals surface area contributed by atoms with Crippen molar-refractivity contribution in [3.8, 4) is 11.5 Å². The topological polar surface area (TPSA) is 94.4 Å². The second-order valence-electron chi connectivity index (χ2n) is 7.06. The Morgan fingerprint density at radius 1 is 1.18 bits per heavy atom. The van der Waals surface area contributed by atoms with Crippen LogP contribution in [0.1, 0.15) is 35.3 Å². The molecule has 0 fully saturated rings. The van der Waals surface area contributed by atoms with Crippen LogP contribution in [0, 0.1) is 6.92 Å². The Balaban J connectivity index is 2.06. The van der Waals surface area contributed by atoms with Crippen LogP contribution >= 0.6 is 27.7 Å². The number of esters is 1. The standard InChI is InChI=1S/C25H24BrNO6S/c1-5-32-22-17(26)11-15(12-18(22)31-4)13-19-21(28)20(25(30)33-6-2)24(34-19)27-23(29)16-10-8-7-9-14(16)3/h7-13,28H,5-6H2,1-4H3/b19-13-,27-24?. The number of halogens is 1. The van der Waals surface area contributed by atoms with E-state index in [1.165, 1.54) is 7.11 Å². The molecule has 9 heteroatoms. The number of aliphatic hydroxyl groups is 1. The Labute approximate surface area is 210 Å². The molecule has 0 aliphatic carbocycles. The number of carbonyl (C=O) groups excluding carboxylic acids is 2. The summed E-state index contributed by atoms with van der Waals surface area (Å²) in [7, 11) is 1.53. The summed E-state index contributed by atoms with van der Waals surface area (Å²) in [6.45, 7) is 5.91. The number of aliphatic imine (C=N–C) groups is 1. The van der Waals surface area contributed by atoms with Crippen molar-refractivity contribution in [2.24, 2.45) is 4.99 Å². The predicted octanol–water partition coefficient (Wildman–Crippen LogP) is 5.87. The molecule has 34 heavy (non-hydrogen) atoms. The molecule has 1 N–H and O–H groups in total. The summed E-state index contributed by atoms with van der Waals surface area (Å²) in [5, 5.41) is 11.0. The van der Waals surface area contributed by atoms with Crippen molar-refractivity contribution >= 4 is 50.7 Å². The van der Waals surface area contributed by atoms with E-state index < -0.39 is 11.9 Å². The fourth-order valence-corrected chi connectivity index (χ4v) is 4.80. The van der Waals surface area contributed by atoms with Gasteiger partial charge in [0, 0.05) is 5.56 Å². The van der Waals surface area contributed by atoms with Gasteiger partial charge in [-0.2, -0.15) is 0 Å². The fourth-order valence-electron chi connectivity index (χ4n) is 3.22.